The topological polar surface area (TPSA) is 72.9 Å². The molecule has 1 amide bonds. The van der Waals surface area contributed by atoms with Crippen LogP contribution in [0.5, 0.6) is 5.75 Å². The van der Waals surface area contributed by atoms with E-state index in [1.54, 1.807) is 25.1 Å². The Labute approximate surface area is 129 Å². The number of Topliss-reactive ketones (excluding diaryl/α,β-unsaturated/α-hetero) is 1. The maximum atomic E-state index is 12.0. The first-order valence-corrected chi connectivity index (χ1v) is 7.32. The third kappa shape index (κ3) is 3.44. The first-order chi connectivity index (χ1) is 10.6. The molecule has 0 atom stereocenters. The van der Waals surface area contributed by atoms with E-state index in [-0.39, 0.29) is 24.8 Å². The molecule has 1 aromatic rings. The summed E-state index contributed by atoms with van der Waals surface area (Å²) in [5.41, 5.74) is 0.926. The Kier molecular flexibility index (Phi) is 5.14. The molecule has 0 aromatic heterocycles. The second-order valence-electron chi connectivity index (χ2n) is 4.95. The van der Waals surface area contributed by atoms with Crippen LogP contribution in [0.2, 0.25) is 0 Å². The normalized spacial score (nSPS) is 13.4. The fraction of sp³-hybridized carbons (Fsp3) is 0.438. The minimum atomic E-state index is -0.477. The number of amides is 1. The van der Waals surface area contributed by atoms with Gasteiger partial charge in [0.2, 0.25) is 0 Å². The lowest BCUT2D eigenvalue weighted by molar-refractivity contribution is -0.143. The molecule has 0 saturated heterocycles. The maximum absolute atomic E-state index is 12.0. The van der Waals surface area contributed by atoms with Gasteiger partial charge >= 0.3 is 5.97 Å². The molecular formula is C16H19NO5. The van der Waals surface area contributed by atoms with Crippen LogP contribution in [0.4, 0.5) is 5.69 Å². The Bertz CT molecular complexity index is 596. The molecule has 1 aliphatic heterocycles. The summed E-state index contributed by atoms with van der Waals surface area (Å²) >= 11 is 0. The first kappa shape index (κ1) is 16.0. The Morgan fingerprint density at radius 1 is 1.32 bits per heavy atom. The van der Waals surface area contributed by atoms with Gasteiger partial charge in [0, 0.05) is 12.0 Å². The van der Waals surface area contributed by atoms with Crippen molar-refractivity contribution in [2.24, 2.45) is 0 Å². The summed E-state index contributed by atoms with van der Waals surface area (Å²) in [4.78, 5) is 36.9. The Hall–Kier alpha value is -2.37. The molecule has 0 unspecified atom stereocenters. The van der Waals surface area contributed by atoms with Gasteiger partial charge in [-0.25, -0.2) is 0 Å². The van der Waals surface area contributed by atoms with Crippen molar-refractivity contribution in [3.63, 3.8) is 0 Å². The van der Waals surface area contributed by atoms with Crippen LogP contribution in [-0.2, 0) is 14.3 Å². The summed E-state index contributed by atoms with van der Waals surface area (Å²) in [5.74, 6) is -0.359. The molecule has 0 N–H and O–H groups in total. The number of anilines is 1. The summed E-state index contributed by atoms with van der Waals surface area (Å²) in [6.07, 6.45) is 1.08. The summed E-state index contributed by atoms with van der Waals surface area (Å²) in [7, 11) is 0. The average molecular weight is 305 g/mol. The Morgan fingerprint density at radius 2 is 2.09 bits per heavy atom. The van der Waals surface area contributed by atoms with Crippen molar-refractivity contribution in [3.8, 4) is 5.75 Å². The van der Waals surface area contributed by atoms with E-state index in [0.29, 0.717) is 36.4 Å². The molecule has 0 bridgehead atoms. The van der Waals surface area contributed by atoms with Crippen molar-refractivity contribution in [3.05, 3.63) is 23.8 Å². The molecule has 22 heavy (non-hydrogen) atoms. The number of hydrogen-bond donors (Lipinski definition) is 0. The molecule has 0 spiro atoms. The Balaban J connectivity index is 2.26. The zero-order valence-electron chi connectivity index (χ0n) is 12.8. The van der Waals surface area contributed by atoms with Crippen LogP contribution < -0.4 is 9.64 Å². The molecule has 0 saturated carbocycles. The van der Waals surface area contributed by atoms with Crippen molar-refractivity contribution in [2.45, 2.75) is 26.7 Å². The molecule has 118 valence electrons. The predicted octanol–water partition coefficient (Wildman–Crippen LogP) is 1.96. The van der Waals surface area contributed by atoms with Gasteiger partial charge < -0.3 is 9.47 Å². The standard InChI is InChI=1S/C16H19NO5/c1-3-7-21-16(20)9-17-12-8-11(13(18)4-2)5-6-14(12)22-10-15(17)19/h5-6,8H,3-4,7,9-10H2,1-2H3. The van der Waals surface area contributed by atoms with Crippen molar-refractivity contribution >= 4 is 23.3 Å². The average Bonchev–Trinajstić information content (AvgIpc) is 2.54. The van der Waals surface area contributed by atoms with E-state index in [2.05, 4.69) is 0 Å². The van der Waals surface area contributed by atoms with Gasteiger partial charge in [-0.1, -0.05) is 13.8 Å². The molecule has 6 heteroatoms. The van der Waals surface area contributed by atoms with Crippen LogP contribution >= 0.6 is 0 Å². The van der Waals surface area contributed by atoms with Gasteiger partial charge in [-0.2, -0.15) is 0 Å². The van der Waals surface area contributed by atoms with Crippen LogP contribution in [-0.4, -0.2) is 37.4 Å². The molecule has 1 heterocycles. The highest BCUT2D eigenvalue weighted by Crippen LogP contribution is 2.33. The first-order valence-electron chi connectivity index (χ1n) is 7.32. The van der Waals surface area contributed by atoms with Gasteiger partial charge in [0.05, 0.1) is 12.3 Å². The lowest BCUT2D eigenvalue weighted by Gasteiger charge is -2.28. The molecular weight excluding hydrogens is 286 g/mol. The third-order valence-electron chi connectivity index (χ3n) is 3.30. The quantitative estimate of drug-likeness (QED) is 0.593. The van der Waals surface area contributed by atoms with E-state index in [1.165, 1.54) is 4.90 Å². The third-order valence-corrected chi connectivity index (χ3v) is 3.30. The van der Waals surface area contributed by atoms with Crippen molar-refractivity contribution in [1.82, 2.24) is 0 Å². The van der Waals surface area contributed by atoms with E-state index in [4.69, 9.17) is 9.47 Å². The van der Waals surface area contributed by atoms with Crippen molar-refractivity contribution in [1.29, 1.82) is 0 Å². The molecule has 1 aliphatic rings. The smallest absolute Gasteiger partial charge is 0.326 e. The van der Waals surface area contributed by atoms with E-state index >= 15 is 0 Å². The number of rotatable bonds is 6. The number of ether oxygens (including phenoxy) is 2. The number of benzene rings is 1. The number of carbonyl (C=O) groups is 3. The van der Waals surface area contributed by atoms with Gasteiger partial charge in [-0.15, -0.1) is 0 Å². The summed E-state index contributed by atoms with van der Waals surface area (Å²) in [5, 5.41) is 0. The molecule has 2 rings (SSSR count). The monoisotopic (exact) mass is 305 g/mol. The molecule has 6 nitrogen and oxygen atoms in total. The number of ketones is 1. The van der Waals surface area contributed by atoms with Crippen molar-refractivity contribution in [2.75, 3.05) is 24.7 Å². The van der Waals surface area contributed by atoms with Crippen LogP contribution in [0.25, 0.3) is 0 Å². The minimum absolute atomic E-state index is 0.0330. The highest BCUT2D eigenvalue weighted by molar-refractivity contribution is 6.03. The summed E-state index contributed by atoms with van der Waals surface area (Å²) < 4.78 is 10.4. The van der Waals surface area contributed by atoms with Crippen LogP contribution in [0.3, 0.4) is 0 Å². The van der Waals surface area contributed by atoms with Gasteiger partial charge in [0.15, 0.2) is 12.4 Å². The largest absolute Gasteiger partial charge is 0.482 e. The van der Waals surface area contributed by atoms with E-state index < -0.39 is 5.97 Å². The number of nitrogens with zero attached hydrogens (tertiary/aromatic N) is 1. The van der Waals surface area contributed by atoms with E-state index in [1.807, 2.05) is 6.92 Å². The van der Waals surface area contributed by atoms with E-state index in [0.717, 1.165) is 0 Å². The zero-order valence-corrected chi connectivity index (χ0v) is 12.8. The molecule has 0 radical (unpaired) electrons. The number of esters is 1. The highest BCUT2D eigenvalue weighted by atomic mass is 16.5. The number of fused-ring (bicyclic) bond motifs is 1. The second-order valence-corrected chi connectivity index (χ2v) is 4.95. The predicted molar refractivity (Wildman–Crippen MR) is 80.2 cm³/mol. The summed E-state index contributed by atoms with van der Waals surface area (Å²) in [6.45, 7) is 3.67. The van der Waals surface area contributed by atoms with Gasteiger partial charge in [0.25, 0.3) is 5.91 Å². The Morgan fingerprint density at radius 3 is 2.77 bits per heavy atom. The van der Waals surface area contributed by atoms with Gasteiger partial charge in [-0.05, 0) is 24.6 Å². The zero-order chi connectivity index (χ0) is 16.1. The SMILES string of the molecule is CCCOC(=O)CN1C(=O)COc2ccc(C(=O)CC)cc21. The number of carbonyl (C=O) groups excluding carboxylic acids is 3. The molecule has 1 aromatic carbocycles. The molecule has 0 fully saturated rings. The lowest BCUT2D eigenvalue weighted by Crippen LogP contribution is -2.42. The molecule has 0 aliphatic carbocycles. The van der Waals surface area contributed by atoms with Gasteiger partial charge in [-0.3, -0.25) is 19.3 Å². The fourth-order valence-electron chi connectivity index (χ4n) is 2.14. The fourth-order valence-corrected chi connectivity index (χ4v) is 2.14. The van der Waals surface area contributed by atoms with Crippen LogP contribution in [0.15, 0.2) is 18.2 Å². The maximum Gasteiger partial charge on any atom is 0.326 e. The minimum Gasteiger partial charge on any atom is -0.482 e. The van der Waals surface area contributed by atoms with E-state index in [9.17, 15) is 14.4 Å². The highest BCUT2D eigenvalue weighted by Gasteiger charge is 2.28. The number of hydrogen-bond acceptors (Lipinski definition) is 5. The summed E-state index contributed by atoms with van der Waals surface area (Å²) in [6, 6.07) is 4.90. The second kappa shape index (κ2) is 7.06. The van der Waals surface area contributed by atoms with Gasteiger partial charge in [0.1, 0.15) is 12.3 Å². The van der Waals surface area contributed by atoms with Crippen LogP contribution in [0.1, 0.15) is 37.0 Å². The lowest BCUT2D eigenvalue weighted by atomic mass is 10.1. The van der Waals surface area contributed by atoms with Crippen molar-refractivity contribution < 1.29 is 23.9 Å². The van der Waals surface area contributed by atoms with Crippen LogP contribution in [0, 0.1) is 0 Å².